The van der Waals surface area contributed by atoms with Crippen molar-refractivity contribution in [1.82, 2.24) is 19.9 Å². The van der Waals surface area contributed by atoms with Crippen molar-refractivity contribution in [2.45, 2.75) is 0 Å². The topological polar surface area (TPSA) is 64.7 Å². The van der Waals surface area contributed by atoms with Crippen molar-refractivity contribution in [1.29, 1.82) is 0 Å². The predicted octanol–water partition coefficient (Wildman–Crippen LogP) is 31.4. The maximum atomic E-state index is 6.32. The maximum absolute atomic E-state index is 6.32. The minimum Gasteiger partial charge on any atom is -0.455 e. The number of thiophene rings is 5. The lowest BCUT2D eigenvalue weighted by Gasteiger charge is -2.10. The van der Waals surface area contributed by atoms with E-state index in [9.17, 15) is 0 Å². The van der Waals surface area contributed by atoms with E-state index < -0.39 is 0 Å². The molecule has 0 radical (unpaired) electrons. The minimum atomic E-state index is 0.869. The average molecular weight is 1540 g/mol. The highest BCUT2D eigenvalue weighted by Gasteiger charge is 2.20. The lowest BCUT2D eigenvalue weighted by molar-refractivity contribution is 0.670. The van der Waals surface area contributed by atoms with Crippen LogP contribution in [0.15, 0.2) is 369 Å². The molecule has 16 aromatic carbocycles. The molecule has 0 spiro atoms. The smallest absolute Gasteiger partial charge is 0.143 e. The van der Waals surface area contributed by atoms with E-state index in [4.69, 9.17) is 24.4 Å². The molecular formula is C104H60N4OS5. The monoisotopic (exact) mass is 1540 g/mol. The molecule has 8 heterocycles. The van der Waals surface area contributed by atoms with E-state index in [-0.39, 0.29) is 0 Å². The second-order valence-electron chi connectivity index (χ2n) is 29.0. The highest BCUT2D eigenvalue weighted by atomic mass is 32.1. The molecule has 24 rings (SSSR count). The van der Waals surface area contributed by atoms with Crippen LogP contribution in [0.25, 0.3) is 235 Å². The van der Waals surface area contributed by atoms with Crippen LogP contribution in [0.5, 0.6) is 0 Å². The molecule has 114 heavy (non-hydrogen) atoms. The van der Waals surface area contributed by atoms with Crippen molar-refractivity contribution < 1.29 is 4.42 Å². The lowest BCUT2D eigenvalue weighted by Crippen LogP contribution is -1.88. The van der Waals surface area contributed by atoms with Crippen LogP contribution in [0.2, 0.25) is 0 Å². The van der Waals surface area contributed by atoms with E-state index in [2.05, 4.69) is 340 Å². The third-order valence-corrected chi connectivity index (χ3v) is 28.2. The summed E-state index contributed by atoms with van der Waals surface area (Å²) in [5, 5.41) is 12.5. The Balaban J connectivity index is 0.000000138. The molecule has 0 unspecified atom stereocenters. The van der Waals surface area contributed by atoms with Crippen molar-refractivity contribution in [3.05, 3.63) is 364 Å². The number of para-hydroxylation sites is 2. The van der Waals surface area contributed by atoms with Gasteiger partial charge in [0.2, 0.25) is 0 Å². The highest BCUT2D eigenvalue weighted by Crippen LogP contribution is 2.47. The first-order valence-electron chi connectivity index (χ1n) is 38.1. The summed E-state index contributed by atoms with van der Waals surface area (Å²) in [5.74, 6) is 0. The quantitative estimate of drug-likeness (QED) is 0.137. The molecule has 24 aromatic rings. The van der Waals surface area contributed by atoms with Crippen molar-refractivity contribution in [2.75, 3.05) is 0 Å². The van der Waals surface area contributed by atoms with Crippen LogP contribution < -0.4 is 0 Å². The summed E-state index contributed by atoms with van der Waals surface area (Å²) in [4.78, 5) is 22.3. The van der Waals surface area contributed by atoms with E-state index in [1.165, 1.54) is 126 Å². The van der Waals surface area contributed by atoms with Crippen LogP contribution in [0.4, 0.5) is 0 Å². The Morgan fingerprint density at radius 3 is 1.03 bits per heavy atom. The largest absolute Gasteiger partial charge is 0.455 e. The van der Waals surface area contributed by atoms with Gasteiger partial charge in [-0.2, -0.15) is 0 Å². The molecule has 0 atom stereocenters. The van der Waals surface area contributed by atoms with Gasteiger partial charge >= 0.3 is 0 Å². The van der Waals surface area contributed by atoms with Crippen molar-refractivity contribution in [3.63, 3.8) is 0 Å². The van der Waals surface area contributed by atoms with Gasteiger partial charge in [-0.25, -0.2) is 19.9 Å². The zero-order valence-electron chi connectivity index (χ0n) is 60.9. The fraction of sp³-hybridized carbons (Fsp3) is 0. The van der Waals surface area contributed by atoms with E-state index in [1.807, 2.05) is 58.5 Å². The Kier molecular flexibility index (Phi) is 15.8. The van der Waals surface area contributed by atoms with Gasteiger partial charge in [0.1, 0.15) is 31.9 Å². The molecule has 8 aromatic heterocycles. The van der Waals surface area contributed by atoms with Crippen molar-refractivity contribution in [2.24, 2.45) is 0 Å². The number of aromatic nitrogens is 4. The molecule has 0 aliphatic rings. The first-order valence-corrected chi connectivity index (χ1v) is 42.2. The van der Waals surface area contributed by atoms with Gasteiger partial charge in [0.25, 0.3) is 0 Å². The van der Waals surface area contributed by atoms with Crippen LogP contribution in [0.3, 0.4) is 0 Å². The molecule has 0 fully saturated rings. The number of nitrogens with zero attached hydrogens (tertiary/aromatic N) is 4. The summed E-state index contributed by atoms with van der Waals surface area (Å²) < 4.78 is 16.6. The number of furan rings is 1. The van der Waals surface area contributed by atoms with Crippen LogP contribution >= 0.6 is 56.7 Å². The molecule has 10 heteroatoms. The number of hydrogen-bond acceptors (Lipinski definition) is 10. The molecule has 0 N–H and O–H groups in total. The summed E-state index contributed by atoms with van der Waals surface area (Å²) in [7, 11) is 0. The van der Waals surface area contributed by atoms with Gasteiger partial charge in [-0.15, -0.1) is 56.7 Å². The van der Waals surface area contributed by atoms with Gasteiger partial charge in [-0.3, -0.25) is 0 Å². The first kappa shape index (κ1) is 66.4. The number of fused-ring (bicyclic) bond motifs is 18. The Bertz CT molecular complexity index is 7550. The Hall–Kier alpha value is -13.4. The number of hydrogen-bond donors (Lipinski definition) is 0. The van der Waals surface area contributed by atoms with Crippen molar-refractivity contribution >= 4 is 180 Å². The predicted molar refractivity (Wildman–Crippen MR) is 490 cm³/mol. The summed E-state index contributed by atoms with van der Waals surface area (Å²) in [6, 6.07) is 127. The van der Waals surface area contributed by atoms with Crippen LogP contribution in [0, 0.1) is 0 Å². The number of benzene rings is 16. The second kappa shape index (κ2) is 27.2. The molecule has 5 nitrogen and oxygen atoms in total. The zero-order valence-corrected chi connectivity index (χ0v) is 65.0. The lowest BCUT2D eigenvalue weighted by atomic mass is 9.95. The standard InChI is InChI=1S/C58H34N2S3.C46H26N2OS2/c1-3-25-52-46(19-1)48-23-9-21-44(56(48)61-52)41-16-6-13-37(30-41)35-11-5-12-36(29-35)40-27-28-54-50(33-40)55-58(63-54)59-34-51(60-55)43-18-8-15-39(32-43)38-14-7-17-42(31-38)45-22-10-24-49-47-20-2-4-26-53(47)62-57(45)49;1-3-13-40-34(7-1)36-11-5-9-32(44(36)49-40)28-17-15-27(16-18-28)31-23-24-42-38(25-31)43-46(51-42)47-26-39(48-43)30-21-19-29(20-22-30)33-10-6-12-37-35-8-2-4-14-41(35)50-45(33)37/h1-34H;1-26H. The normalized spacial score (nSPS) is 11.9. The van der Waals surface area contributed by atoms with Gasteiger partial charge in [0.05, 0.1) is 23.8 Å². The zero-order chi connectivity index (χ0) is 74.9. The van der Waals surface area contributed by atoms with Gasteiger partial charge in [-0.1, -0.05) is 279 Å². The second-order valence-corrected chi connectivity index (χ2v) is 34.3. The van der Waals surface area contributed by atoms with E-state index in [0.29, 0.717) is 0 Å². The number of rotatable bonds is 10. The fourth-order valence-corrected chi connectivity index (χ4v) is 22.4. The highest BCUT2D eigenvalue weighted by molar-refractivity contribution is 7.27. The molecule has 0 aliphatic carbocycles. The SMILES string of the molecule is c1cc(-c2cccc(-c3cccc4c3sc3ccccc34)c2)cc(-c2ccc3sc4ncc(-c5cccc(-c6cccc(-c7cccc8c7sc7ccccc78)c6)c5)nc4c3c2)c1.c1ccc2c(c1)oc1c(-c3ccc(-c4ccc5sc6ncc(-c7ccc(-c8cccc9c8sc8ccccc89)cc7)nc6c5c4)cc3)cccc12. The Morgan fingerprint density at radius 2 is 0.526 bits per heavy atom. The van der Waals surface area contributed by atoms with E-state index in [0.717, 1.165) is 109 Å². The fourth-order valence-electron chi connectivity index (χ4n) is 16.7. The molecule has 0 saturated heterocycles. The molecule has 0 saturated carbocycles. The summed E-state index contributed by atoms with van der Waals surface area (Å²) in [5.41, 5.74) is 26.6. The van der Waals surface area contributed by atoms with E-state index >= 15 is 0 Å². The van der Waals surface area contributed by atoms with Gasteiger partial charge in [0.15, 0.2) is 0 Å². The summed E-state index contributed by atoms with van der Waals surface area (Å²) in [6.07, 6.45) is 3.83. The van der Waals surface area contributed by atoms with Gasteiger partial charge in [-0.05, 0) is 156 Å². The van der Waals surface area contributed by atoms with Crippen molar-refractivity contribution in [3.8, 4) is 112 Å². The first-order chi connectivity index (χ1) is 56.4. The molecule has 0 bridgehead atoms. The Morgan fingerprint density at radius 1 is 0.202 bits per heavy atom. The van der Waals surface area contributed by atoms with Gasteiger partial charge < -0.3 is 4.42 Å². The van der Waals surface area contributed by atoms with Crippen LogP contribution in [0.1, 0.15) is 0 Å². The van der Waals surface area contributed by atoms with Crippen LogP contribution in [-0.2, 0) is 0 Å². The average Bonchev–Trinajstić information content (AvgIpc) is 1.62. The molecule has 532 valence electrons. The summed E-state index contributed by atoms with van der Waals surface area (Å²) >= 11 is 9.00. The Labute approximate surface area is 674 Å². The maximum Gasteiger partial charge on any atom is 0.143 e. The molecule has 0 amide bonds. The van der Waals surface area contributed by atoms with Gasteiger partial charge in [0, 0.05) is 108 Å². The summed E-state index contributed by atoms with van der Waals surface area (Å²) in [6.45, 7) is 0. The molecular weight excluding hydrogens is 1480 g/mol. The minimum absolute atomic E-state index is 0.869. The van der Waals surface area contributed by atoms with E-state index in [1.54, 1.807) is 22.7 Å². The van der Waals surface area contributed by atoms with Crippen LogP contribution in [-0.4, -0.2) is 19.9 Å². The third-order valence-electron chi connectivity index (χ3n) is 22.4. The third kappa shape index (κ3) is 11.4. The molecule has 0 aliphatic heterocycles.